The van der Waals surface area contributed by atoms with Crippen LogP contribution in [0.3, 0.4) is 0 Å². The van der Waals surface area contributed by atoms with Gasteiger partial charge in [-0.2, -0.15) is 0 Å². The molecule has 0 saturated carbocycles. The van der Waals surface area contributed by atoms with Crippen molar-refractivity contribution >= 4 is 23.3 Å². The molecule has 1 amide bonds. The normalized spacial score (nSPS) is 9.95. The highest BCUT2D eigenvalue weighted by Crippen LogP contribution is 2.26. The highest BCUT2D eigenvalue weighted by atomic mass is 16.4. The van der Waals surface area contributed by atoms with Crippen LogP contribution in [0.25, 0.3) is 0 Å². The second-order valence-corrected chi connectivity index (χ2v) is 4.05. The third-order valence-corrected chi connectivity index (χ3v) is 2.68. The molecule has 0 atom stereocenters. The van der Waals surface area contributed by atoms with E-state index in [1.807, 2.05) is 18.2 Å². The average molecular weight is 255 g/mol. The summed E-state index contributed by atoms with van der Waals surface area (Å²) in [4.78, 5) is 24.3. The van der Waals surface area contributed by atoms with Gasteiger partial charge in [0.25, 0.3) is 0 Å². The van der Waals surface area contributed by atoms with Gasteiger partial charge in [0.1, 0.15) is 0 Å². The van der Waals surface area contributed by atoms with Crippen molar-refractivity contribution < 1.29 is 14.7 Å². The van der Waals surface area contributed by atoms with Gasteiger partial charge in [-0.05, 0) is 30.3 Å². The Kier molecular flexibility index (Phi) is 3.61. The lowest BCUT2D eigenvalue weighted by atomic mass is 10.1. The quantitative estimate of drug-likeness (QED) is 0.916. The van der Waals surface area contributed by atoms with Gasteiger partial charge in [-0.25, -0.2) is 4.79 Å². The molecule has 0 radical (unpaired) electrons. The Bertz CT molecular complexity index is 608. The summed E-state index contributed by atoms with van der Waals surface area (Å²) in [5.74, 6) is -1.19. The fraction of sp³-hybridized carbons (Fsp3) is 0.0667. The number of carbonyl (C=O) groups is 2. The molecule has 2 aromatic rings. The minimum Gasteiger partial charge on any atom is -0.478 e. The first-order valence-electron chi connectivity index (χ1n) is 5.78. The maximum absolute atomic E-state index is 11.8. The van der Waals surface area contributed by atoms with Gasteiger partial charge >= 0.3 is 5.97 Å². The van der Waals surface area contributed by atoms with Gasteiger partial charge in [-0.1, -0.05) is 24.3 Å². The number of nitrogens with zero attached hydrogens (tertiary/aromatic N) is 1. The third-order valence-electron chi connectivity index (χ3n) is 2.68. The van der Waals surface area contributed by atoms with Crippen molar-refractivity contribution in [2.24, 2.45) is 0 Å². The van der Waals surface area contributed by atoms with Gasteiger partial charge in [-0.3, -0.25) is 9.69 Å². The van der Waals surface area contributed by atoms with E-state index in [1.165, 1.54) is 24.0 Å². The molecule has 96 valence electrons. The highest BCUT2D eigenvalue weighted by Gasteiger charge is 2.15. The Hall–Kier alpha value is -2.62. The summed E-state index contributed by atoms with van der Waals surface area (Å²) in [6.45, 7) is 1.44. The van der Waals surface area contributed by atoms with E-state index in [1.54, 1.807) is 24.3 Å². The summed E-state index contributed by atoms with van der Waals surface area (Å²) in [6, 6.07) is 15.4. The number of hydrogen-bond donors (Lipinski definition) is 1. The lowest BCUT2D eigenvalue weighted by Gasteiger charge is -2.21. The molecule has 0 bridgehead atoms. The molecular weight excluding hydrogens is 242 g/mol. The summed E-state index contributed by atoms with van der Waals surface area (Å²) in [5, 5.41) is 9.00. The molecule has 2 rings (SSSR count). The van der Waals surface area contributed by atoms with E-state index in [4.69, 9.17) is 5.11 Å². The van der Waals surface area contributed by atoms with Gasteiger partial charge in [0.05, 0.1) is 5.56 Å². The summed E-state index contributed by atoms with van der Waals surface area (Å²) in [5.41, 5.74) is 1.40. The fourth-order valence-electron chi connectivity index (χ4n) is 1.87. The number of hydrogen-bond acceptors (Lipinski definition) is 2. The minimum atomic E-state index is -1.02. The Balaban J connectivity index is 2.49. The molecular formula is C15H13NO3. The van der Waals surface area contributed by atoms with Crippen molar-refractivity contribution in [2.75, 3.05) is 4.90 Å². The lowest BCUT2D eigenvalue weighted by Crippen LogP contribution is -2.22. The zero-order valence-corrected chi connectivity index (χ0v) is 10.4. The summed E-state index contributed by atoms with van der Waals surface area (Å²) in [7, 11) is 0. The molecule has 0 aliphatic heterocycles. The number of aromatic carboxylic acids is 1. The van der Waals surface area contributed by atoms with Crippen LogP contribution in [-0.2, 0) is 4.79 Å². The highest BCUT2D eigenvalue weighted by molar-refractivity contribution is 6.00. The number of carbonyl (C=O) groups excluding carboxylic acids is 1. The monoisotopic (exact) mass is 255 g/mol. The number of amides is 1. The molecule has 0 aliphatic rings. The molecule has 4 heteroatoms. The van der Waals surface area contributed by atoms with Gasteiger partial charge < -0.3 is 5.11 Å². The van der Waals surface area contributed by atoms with E-state index < -0.39 is 5.97 Å². The molecule has 0 aliphatic carbocycles. The topological polar surface area (TPSA) is 57.6 Å². The van der Waals surface area contributed by atoms with Crippen molar-refractivity contribution in [3.05, 3.63) is 60.2 Å². The van der Waals surface area contributed by atoms with Crippen molar-refractivity contribution in [1.82, 2.24) is 0 Å². The van der Waals surface area contributed by atoms with Crippen LogP contribution < -0.4 is 4.90 Å². The Labute approximate surface area is 110 Å². The number of anilines is 2. The average Bonchev–Trinajstić information content (AvgIpc) is 2.40. The van der Waals surface area contributed by atoms with Gasteiger partial charge in [-0.15, -0.1) is 0 Å². The van der Waals surface area contributed by atoms with Crippen molar-refractivity contribution in [3.8, 4) is 0 Å². The lowest BCUT2D eigenvalue weighted by molar-refractivity contribution is -0.115. The predicted octanol–water partition coefficient (Wildman–Crippen LogP) is 3.07. The molecule has 2 aromatic carbocycles. The minimum absolute atomic E-state index is 0.152. The number of carboxylic acid groups (broad SMARTS) is 1. The first-order valence-corrected chi connectivity index (χ1v) is 5.78. The Morgan fingerprint density at radius 3 is 2.16 bits per heavy atom. The second-order valence-electron chi connectivity index (χ2n) is 4.05. The van der Waals surface area contributed by atoms with E-state index in [9.17, 15) is 9.59 Å². The number of para-hydroxylation sites is 1. The molecule has 0 aromatic heterocycles. The molecule has 0 saturated heterocycles. The van der Waals surface area contributed by atoms with E-state index in [0.29, 0.717) is 11.4 Å². The maximum atomic E-state index is 11.8. The van der Waals surface area contributed by atoms with E-state index >= 15 is 0 Å². The summed E-state index contributed by atoms with van der Waals surface area (Å²) < 4.78 is 0. The summed E-state index contributed by atoms with van der Waals surface area (Å²) in [6.07, 6.45) is 0. The molecule has 0 heterocycles. The van der Waals surface area contributed by atoms with Crippen LogP contribution in [0.5, 0.6) is 0 Å². The van der Waals surface area contributed by atoms with E-state index in [2.05, 4.69) is 0 Å². The van der Waals surface area contributed by atoms with Crippen LogP contribution in [0, 0.1) is 0 Å². The van der Waals surface area contributed by atoms with Gasteiger partial charge in [0.2, 0.25) is 5.91 Å². The summed E-state index contributed by atoms with van der Waals surface area (Å²) >= 11 is 0. The largest absolute Gasteiger partial charge is 0.478 e. The van der Waals surface area contributed by atoms with Crippen LogP contribution in [0.2, 0.25) is 0 Å². The first kappa shape index (κ1) is 12.8. The molecule has 4 nitrogen and oxygen atoms in total. The molecule has 0 fully saturated rings. The van der Waals surface area contributed by atoms with Crippen LogP contribution in [-0.4, -0.2) is 17.0 Å². The van der Waals surface area contributed by atoms with Crippen molar-refractivity contribution in [1.29, 1.82) is 0 Å². The fourth-order valence-corrected chi connectivity index (χ4v) is 1.87. The molecule has 19 heavy (non-hydrogen) atoms. The second kappa shape index (κ2) is 5.35. The third kappa shape index (κ3) is 2.80. The van der Waals surface area contributed by atoms with Crippen LogP contribution >= 0.6 is 0 Å². The first-order chi connectivity index (χ1) is 9.09. The molecule has 0 unspecified atom stereocenters. The maximum Gasteiger partial charge on any atom is 0.335 e. The van der Waals surface area contributed by atoms with Crippen LogP contribution in [0.4, 0.5) is 11.4 Å². The number of rotatable bonds is 3. The Morgan fingerprint density at radius 1 is 0.947 bits per heavy atom. The number of benzene rings is 2. The van der Waals surface area contributed by atoms with Crippen molar-refractivity contribution in [2.45, 2.75) is 6.92 Å². The van der Waals surface area contributed by atoms with Crippen molar-refractivity contribution in [3.63, 3.8) is 0 Å². The molecule has 1 N–H and O–H groups in total. The van der Waals surface area contributed by atoms with Gasteiger partial charge in [0.15, 0.2) is 0 Å². The van der Waals surface area contributed by atoms with E-state index in [-0.39, 0.29) is 11.5 Å². The standard InChI is InChI=1S/C15H13NO3/c1-11(17)16(13-7-3-2-4-8-13)14-9-5-6-12(10-14)15(18)19/h2-10H,1H3,(H,18,19). The Morgan fingerprint density at radius 2 is 1.58 bits per heavy atom. The van der Waals surface area contributed by atoms with Gasteiger partial charge in [0, 0.05) is 18.3 Å². The van der Waals surface area contributed by atoms with Crippen LogP contribution in [0.15, 0.2) is 54.6 Å². The predicted molar refractivity (Wildman–Crippen MR) is 72.7 cm³/mol. The zero-order chi connectivity index (χ0) is 13.8. The van der Waals surface area contributed by atoms with Crippen LogP contribution in [0.1, 0.15) is 17.3 Å². The smallest absolute Gasteiger partial charge is 0.335 e. The number of carboxylic acids is 1. The SMILES string of the molecule is CC(=O)N(c1ccccc1)c1cccc(C(=O)O)c1. The molecule has 0 spiro atoms. The van der Waals surface area contributed by atoms with E-state index in [0.717, 1.165) is 0 Å². The zero-order valence-electron chi connectivity index (χ0n) is 10.4.